The molecule has 0 saturated heterocycles. The van der Waals surface area contributed by atoms with Crippen molar-refractivity contribution in [3.05, 3.63) is 28.3 Å². The van der Waals surface area contributed by atoms with Crippen LogP contribution in [-0.4, -0.2) is 27.3 Å². The Bertz CT molecular complexity index is 592. The molecule has 0 amide bonds. The Morgan fingerprint density at radius 2 is 1.40 bits per heavy atom. The van der Waals surface area contributed by atoms with Crippen LogP contribution in [0.25, 0.3) is 0 Å². The van der Waals surface area contributed by atoms with Crippen molar-refractivity contribution in [2.45, 2.75) is 78.1 Å². The van der Waals surface area contributed by atoms with E-state index >= 15 is 0 Å². The monoisotopic (exact) mass is 350 g/mol. The van der Waals surface area contributed by atoms with E-state index in [9.17, 15) is 24.9 Å². The molecule has 0 bridgehead atoms. The highest BCUT2D eigenvalue weighted by Gasteiger charge is 2.25. The van der Waals surface area contributed by atoms with Gasteiger partial charge >= 0.3 is 11.9 Å². The minimum Gasteiger partial charge on any atom is -0.507 e. The fraction of sp³-hybridized carbons (Fsp3) is 0.600. The van der Waals surface area contributed by atoms with Crippen molar-refractivity contribution >= 4 is 11.9 Å². The average molecular weight is 350 g/mol. The van der Waals surface area contributed by atoms with Gasteiger partial charge < -0.3 is 15.3 Å². The van der Waals surface area contributed by atoms with Crippen LogP contribution in [0.4, 0.5) is 0 Å². The van der Waals surface area contributed by atoms with Crippen molar-refractivity contribution < 1.29 is 24.9 Å². The second-order valence-electron chi connectivity index (χ2n) is 6.52. The molecule has 1 aromatic carbocycles. The van der Waals surface area contributed by atoms with Gasteiger partial charge in [0.05, 0.1) is 11.1 Å². The van der Waals surface area contributed by atoms with E-state index in [1.165, 1.54) is 6.07 Å². The molecule has 0 aliphatic rings. The molecule has 0 spiro atoms. The van der Waals surface area contributed by atoms with Crippen LogP contribution < -0.4 is 0 Å². The highest BCUT2D eigenvalue weighted by Crippen LogP contribution is 2.32. The predicted octanol–water partition coefficient (Wildman–Crippen LogP) is 5.03. The number of phenolic OH excluding ortho intramolecular Hbond substituents is 1. The molecule has 1 rings (SSSR count). The minimum atomic E-state index is -1.30. The Morgan fingerprint density at radius 1 is 0.840 bits per heavy atom. The van der Waals surface area contributed by atoms with Crippen LogP contribution in [-0.2, 0) is 12.8 Å². The summed E-state index contributed by atoms with van der Waals surface area (Å²) in [5.41, 5.74) is 0.332. The molecule has 0 atom stereocenters. The number of benzene rings is 1. The predicted molar refractivity (Wildman–Crippen MR) is 97.7 cm³/mol. The third-order valence-electron chi connectivity index (χ3n) is 4.50. The summed E-state index contributed by atoms with van der Waals surface area (Å²) >= 11 is 0. The lowest BCUT2D eigenvalue weighted by molar-refractivity contribution is 0.0650. The first-order chi connectivity index (χ1) is 11.9. The number of unbranched alkanes of at least 4 members (excludes halogenated alkanes) is 6. The largest absolute Gasteiger partial charge is 0.507 e. The maximum atomic E-state index is 11.6. The van der Waals surface area contributed by atoms with Gasteiger partial charge in [0, 0.05) is 5.56 Å². The number of hydrogen-bond acceptors (Lipinski definition) is 3. The maximum absolute atomic E-state index is 11.6. The highest BCUT2D eigenvalue weighted by atomic mass is 16.4. The zero-order chi connectivity index (χ0) is 18.8. The fourth-order valence-electron chi connectivity index (χ4n) is 3.11. The van der Waals surface area contributed by atoms with Crippen molar-refractivity contribution in [2.75, 3.05) is 0 Å². The van der Waals surface area contributed by atoms with E-state index in [0.717, 1.165) is 51.4 Å². The molecular weight excluding hydrogens is 320 g/mol. The third-order valence-corrected chi connectivity index (χ3v) is 4.50. The molecule has 0 fully saturated rings. The number of carbonyl (C=O) groups is 2. The van der Waals surface area contributed by atoms with E-state index in [0.29, 0.717) is 18.4 Å². The summed E-state index contributed by atoms with van der Waals surface area (Å²) in [6.07, 6.45) is 8.73. The lowest BCUT2D eigenvalue weighted by Gasteiger charge is -2.16. The van der Waals surface area contributed by atoms with Gasteiger partial charge in [-0.05, 0) is 37.3 Å². The second-order valence-corrected chi connectivity index (χ2v) is 6.52. The van der Waals surface area contributed by atoms with Gasteiger partial charge in [-0.3, -0.25) is 0 Å². The van der Waals surface area contributed by atoms with Crippen molar-refractivity contribution in [1.82, 2.24) is 0 Å². The molecule has 0 heterocycles. The molecule has 5 nitrogen and oxygen atoms in total. The number of aromatic hydroxyl groups is 1. The Hall–Kier alpha value is -2.04. The number of carboxylic acid groups (broad SMARTS) is 2. The van der Waals surface area contributed by atoms with E-state index in [-0.39, 0.29) is 22.4 Å². The molecule has 5 heteroatoms. The van der Waals surface area contributed by atoms with Crippen LogP contribution in [0.3, 0.4) is 0 Å². The van der Waals surface area contributed by atoms with Gasteiger partial charge in [-0.1, -0.05) is 52.4 Å². The summed E-state index contributed by atoms with van der Waals surface area (Å²) in [5.74, 6) is -2.59. The van der Waals surface area contributed by atoms with E-state index in [1.54, 1.807) is 0 Å². The quantitative estimate of drug-likeness (QED) is 0.459. The Labute approximate surface area is 149 Å². The molecule has 0 unspecified atom stereocenters. The Balaban J connectivity index is 3.19. The molecule has 140 valence electrons. The summed E-state index contributed by atoms with van der Waals surface area (Å²) < 4.78 is 0. The second kappa shape index (κ2) is 10.7. The van der Waals surface area contributed by atoms with E-state index in [2.05, 4.69) is 13.8 Å². The third kappa shape index (κ3) is 6.07. The Kier molecular flexibility index (Phi) is 9.03. The van der Waals surface area contributed by atoms with Crippen molar-refractivity contribution in [3.8, 4) is 5.75 Å². The summed E-state index contributed by atoms with van der Waals surface area (Å²) in [6.45, 7) is 4.19. The average Bonchev–Trinajstić information content (AvgIpc) is 2.57. The van der Waals surface area contributed by atoms with Crippen molar-refractivity contribution in [1.29, 1.82) is 0 Å². The number of phenols is 1. The molecule has 0 aliphatic carbocycles. The van der Waals surface area contributed by atoms with Crippen LogP contribution in [0.1, 0.15) is 97.1 Å². The lowest BCUT2D eigenvalue weighted by Crippen LogP contribution is -2.13. The first kappa shape index (κ1) is 21.0. The summed E-state index contributed by atoms with van der Waals surface area (Å²) in [7, 11) is 0. The minimum absolute atomic E-state index is 0.0320. The smallest absolute Gasteiger partial charge is 0.336 e. The van der Waals surface area contributed by atoms with Gasteiger partial charge in [0.2, 0.25) is 0 Å². The van der Waals surface area contributed by atoms with Crippen LogP contribution in [0.15, 0.2) is 6.07 Å². The number of hydrogen-bond donors (Lipinski definition) is 3. The lowest BCUT2D eigenvalue weighted by atomic mass is 9.90. The maximum Gasteiger partial charge on any atom is 0.336 e. The standard InChI is InChI=1S/C20H30O5/c1-3-5-7-9-11-14-13-16(19(22)23)17(20(24)25)15(18(14)21)12-10-8-6-4-2/h13,21H,3-12H2,1-2H3,(H,22,23)(H,24,25). The fourth-order valence-corrected chi connectivity index (χ4v) is 3.11. The molecule has 3 N–H and O–H groups in total. The number of aryl methyl sites for hydroxylation is 1. The van der Waals surface area contributed by atoms with E-state index in [4.69, 9.17) is 0 Å². The zero-order valence-electron chi connectivity index (χ0n) is 15.3. The SMILES string of the molecule is CCCCCCc1cc(C(=O)O)c(C(=O)O)c(CCCCCC)c1O. The number of aromatic carboxylic acids is 2. The van der Waals surface area contributed by atoms with Gasteiger partial charge in [-0.2, -0.15) is 0 Å². The van der Waals surface area contributed by atoms with Gasteiger partial charge in [0.1, 0.15) is 5.75 Å². The number of rotatable bonds is 12. The molecular formula is C20H30O5. The van der Waals surface area contributed by atoms with Crippen LogP contribution in [0.2, 0.25) is 0 Å². The first-order valence-electron chi connectivity index (χ1n) is 9.28. The zero-order valence-corrected chi connectivity index (χ0v) is 15.3. The highest BCUT2D eigenvalue weighted by molar-refractivity contribution is 6.03. The van der Waals surface area contributed by atoms with Gasteiger partial charge in [-0.15, -0.1) is 0 Å². The van der Waals surface area contributed by atoms with Crippen molar-refractivity contribution in [2.24, 2.45) is 0 Å². The normalized spacial score (nSPS) is 10.8. The van der Waals surface area contributed by atoms with Gasteiger partial charge in [-0.25, -0.2) is 9.59 Å². The Morgan fingerprint density at radius 3 is 1.88 bits per heavy atom. The van der Waals surface area contributed by atoms with Crippen LogP contribution in [0.5, 0.6) is 5.75 Å². The van der Waals surface area contributed by atoms with Gasteiger partial charge in [0.25, 0.3) is 0 Å². The molecule has 0 aliphatic heterocycles. The van der Waals surface area contributed by atoms with Crippen molar-refractivity contribution in [3.63, 3.8) is 0 Å². The van der Waals surface area contributed by atoms with E-state index in [1.807, 2.05) is 0 Å². The van der Waals surface area contributed by atoms with Gasteiger partial charge in [0.15, 0.2) is 0 Å². The summed E-state index contributed by atoms with van der Waals surface area (Å²) in [4.78, 5) is 23.2. The number of carboxylic acids is 2. The molecule has 0 saturated carbocycles. The summed E-state index contributed by atoms with van der Waals surface area (Å²) in [5, 5.41) is 29.5. The van der Waals surface area contributed by atoms with E-state index < -0.39 is 11.9 Å². The molecule has 0 aromatic heterocycles. The molecule has 25 heavy (non-hydrogen) atoms. The molecule has 0 radical (unpaired) electrons. The molecule has 1 aromatic rings. The first-order valence-corrected chi connectivity index (χ1v) is 9.28. The topological polar surface area (TPSA) is 94.8 Å². The van der Waals surface area contributed by atoms with Crippen LogP contribution in [0, 0.1) is 0 Å². The van der Waals surface area contributed by atoms with Crippen LogP contribution >= 0.6 is 0 Å². The summed E-state index contributed by atoms with van der Waals surface area (Å²) in [6, 6.07) is 1.34.